The van der Waals surface area contributed by atoms with Crippen molar-refractivity contribution in [2.75, 3.05) is 7.11 Å². The molecule has 3 heteroatoms. The van der Waals surface area contributed by atoms with E-state index in [0.29, 0.717) is 0 Å². The van der Waals surface area contributed by atoms with Gasteiger partial charge < -0.3 is 4.74 Å². The third-order valence-electron chi connectivity index (χ3n) is 7.80. The lowest BCUT2D eigenvalue weighted by molar-refractivity contribution is -0.677. The second-order valence-corrected chi connectivity index (χ2v) is 10.5. The van der Waals surface area contributed by atoms with Gasteiger partial charge in [-0.1, -0.05) is 115 Å². The van der Waals surface area contributed by atoms with Gasteiger partial charge in [0.25, 0.3) is 0 Å². The quantitative estimate of drug-likeness (QED) is 0.189. The molecule has 0 saturated heterocycles. The Balaban J connectivity index is 1.38. The van der Waals surface area contributed by atoms with Crippen molar-refractivity contribution in [3.05, 3.63) is 157 Å². The van der Waals surface area contributed by atoms with Crippen LogP contribution in [0.25, 0.3) is 44.1 Å². The molecule has 0 aliphatic rings. The number of aromatic nitrogens is 2. The lowest BCUT2D eigenvalue weighted by Crippen LogP contribution is -2.34. The molecule has 0 atom stereocenters. The Kier molecular flexibility index (Phi) is 6.54. The zero-order valence-corrected chi connectivity index (χ0v) is 23.1. The molecule has 41 heavy (non-hydrogen) atoms. The number of benzene rings is 6. The van der Waals surface area contributed by atoms with Crippen molar-refractivity contribution in [3.63, 3.8) is 0 Å². The number of methoxy groups -OCH3 is 1. The normalized spacial score (nSPS) is 11.2. The lowest BCUT2D eigenvalue weighted by Gasteiger charge is -2.08. The van der Waals surface area contributed by atoms with E-state index in [1.54, 1.807) is 7.11 Å². The van der Waals surface area contributed by atoms with Crippen LogP contribution in [0, 0.1) is 0 Å². The number of nitrogens with zero attached hydrogens (tertiary/aromatic N) is 2. The summed E-state index contributed by atoms with van der Waals surface area (Å²) in [5, 5.41) is 4.92. The molecule has 198 valence electrons. The van der Waals surface area contributed by atoms with Crippen molar-refractivity contribution in [1.29, 1.82) is 0 Å². The van der Waals surface area contributed by atoms with Crippen LogP contribution >= 0.6 is 0 Å². The van der Waals surface area contributed by atoms with Gasteiger partial charge in [-0.2, -0.15) is 0 Å². The van der Waals surface area contributed by atoms with Crippen LogP contribution in [0.4, 0.5) is 0 Å². The number of fused-ring (bicyclic) bond motifs is 2. The molecule has 0 aliphatic heterocycles. The van der Waals surface area contributed by atoms with Crippen molar-refractivity contribution in [3.8, 4) is 28.3 Å². The molecule has 1 aromatic heterocycles. The zero-order valence-electron chi connectivity index (χ0n) is 23.1. The van der Waals surface area contributed by atoms with E-state index in [4.69, 9.17) is 4.74 Å². The molecule has 0 unspecified atom stereocenters. The Hall–Kier alpha value is -5.15. The highest BCUT2D eigenvalue weighted by Gasteiger charge is 2.26. The van der Waals surface area contributed by atoms with Crippen LogP contribution in [-0.2, 0) is 13.1 Å². The van der Waals surface area contributed by atoms with Gasteiger partial charge in [0.15, 0.2) is 11.4 Å². The minimum atomic E-state index is 0.761. The fourth-order valence-electron chi connectivity index (χ4n) is 5.82. The van der Waals surface area contributed by atoms with E-state index in [2.05, 4.69) is 149 Å². The predicted molar refractivity (Wildman–Crippen MR) is 168 cm³/mol. The van der Waals surface area contributed by atoms with E-state index >= 15 is 0 Å². The van der Waals surface area contributed by atoms with Crippen LogP contribution in [-0.4, -0.2) is 11.7 Å². The highest BCUT2D eigenvalue weighted by Crippen LogP contribution is 2.32. The second kappa shape index (κ2) is 10.8. The molecule has 0 N–H and O–H groups in total. The van der Waals surface area contributed by atoms with Gasteiger partial charge >= 0.3 is 0 Å². The monoisotopic (exact) mass is 531 g/mol. The molecule has 0 aliphatic carbocycles. The summed E-state index contributed by atoms with van der Waals surface area (Å²) in [7, 11) is 1.71. The average Bonchev–Trinajstić information content (AvgIpc) is 3.38. The molecular weight excluding hydrogens is 500 g/mol. The van der Waals surface area contributed by atoms with Crippen LogP contribution in [0.1, 0.15) is 11.1 Å². The number of rotatable bonds is 7. The number of imidazole rings is 1. The van der Waals surface area contributed by atoms with Crippen molar-refractivity contribution >= 4 is 21.5 Å². The minimum absolute atomic E-state index is 0.761. The second-order valence-electron chi connectivity index (χ2n) is 10.5. The zero-order chi connectivity index (χ0) is 27.6. The largest absolute Gasteiger partial charge is 0.497 e. The van der Waals surface area contributed by atoms with Crippen molar-refractivity contribution in [2.45, 2.75) is 13.1 Å². The summed E-state index contributed by atoms with van der Waals surface area (Å²) >= 11 is 0. The van der Waals surface area contributed by atoms with Crippen LogP contribution in [0.15, 0.2) is 146 Å². The number of ether oxygens (including phenoxy) is 1. The molecule has 7 rings (SSSR count). The van der Waals surface area contributed by atoms with E-state index in [9.17, 15) is 0 Å². The molecule has 6 aromatic carbocycles. The standard InChI is InChI=1S/C38H31N2O/c1-41-36-21-20-34-23-29(17-19-35(34)24-36)26-40-27-39(25-28-16-18-30-10-8-9-15-33(30)22-28)37(31-11-4-2-5-12-31)38(40)32-13-6-3-7-14-32/h2-24,27H,25-26H2,1H3/q+1. The Morgan fingerprint density at radius 3 is 1.93 bits per heavy atom. The first kappa shape index (κ1) is 24.9. The maximum atomic E-state index is 5.44. The summed E-state index contributed by atoms with van der Waals surface area (Å²) in [6.07, 6.45) is 2.29. The van der Waals surface area contributed by atoms with Gasteiger partial charge in [0, 0.05) is 11.1 Å². The third-order valence-corrected chi connectivity index (χ3v) is 7.80. The molecule has 1 heterocycles. The Morgan fingerprint density at radius 2 is 1.15 bits per heavy atom. The SMILES string of the molecule is COc1ccc2cc(Cn3c[n+](Cc4ccc5ccccc5c4)c(-c4ccccc4)c3-c3ccccc3)ccc2c1. The number of hydrogen-bond acceptors (Lipinski definition) is 1. The Morgan fingerprint density at radius 1 is 0.561 bits per heavy atom. The van der Waals surface area contributed by atoms with Crippen LogP contribution in [0.3, 0.4) is 0 Å². The minimum Gasteiger partial charge on any atom is -0.497 e. The summed E-state index contributed by atoms with van der Waals surface area (Å²) in [4.78, 5) is 0. The third kappa shape index (κ3) is 4.99. The van der Waals surface area contributed by atoms with Gasteiger partial charge in [0.2, 0.25) is 6.33 Å². The molecule has 0 radical (unpaired) electrons. The van der Waals surface area contributed by atoms with E-state index in [1.165, 1.54) is 55.2 Å². The van der Waals surface area contributed by atoms with Gasteiger partial charge in [0.1, 0.15) is 18.8 Å². The van der Waals surface area contributed by atoms with Gasteiger partial charge in [0.05, 0.1) is 7.11 Å². The highest BCUT2D eigenvalue weighted by molar-refractivity contribution is 5.85. The highest BCUT2D eigenvalue weighted by atomic mass is 16.5. The van der Waals surface area contributed by atoms with E-state index in [-0.39, 0.29) is 0 Å². The van der Waals surface area contributed by atoms with Gasteiger partial charge in [-0.05, 0) is 56.9 Å². The predicted octanol–water partition coefficient (Wildman–Crippen LogP) is 8.52. The topological polar surface area (TPSA) is 18.0 Å². The van der Waals surface area contributed by atoms with Crippen LogP contribution in [0.5, 0.6) is 5.75 Å². The fraction of sp³-hybridized carbons (Fsp3) is 0.0789. The first-order valence-electron chi connectivity index (χ1n) is 14.0. The average molecular weight is 532 g/mol. The molecule has 3 nitrogen and oxygen atoms in total. The van der Waals surface area contributed by atoms with Crippen LogP contribution in [0.2, 0.25) is 0 Å². The van der Waals surface area contributed by atoms with Crippen LogP contribution < -0.4 is 9.30 Å². The van der Waals surface area contributed by atoms with Gasteiger partial charge in [-0.25, -0.2) is 9.13 Å². The fourth-order valence-corrected chi connectivity index (χ4v) is 5.82. The van der Waals surface area contributed by atoms with E-state index in [1.807, 2.05) is 6.07 Å². The lowest BCUT2D eigenvalue weighted by atomic mass is 10.0. The summed E-state index contributed by atoms with van der Waals surface area (Å²) in [5.74, 6) is 0.879. The molecule has 0 fully saturated rings. The van der Waals surface area contributed by atoms with Crippen molar-refractivity contribution in [2.24, 2.45) is 0 Å². The molecular formula is C38H31N2O+. The molecule has 0 bridgehead atoms. The van der Waals surface area contributed by atoms with E-state index < -0.39 is 0 Å². The van der Waals surface area contributed by atoms with Gasteiger partial charge in [-0.15, -0.1) is 0 Å². The van der Waals surface area contributed by atoms with Crippen molar-refractivity contribution < 1.29 is 9.30 Å². The summed E-state index contributed by atoms with van der Waals surface area (Å²) in [5.41, 5.74) is 7.38. The van der Waals surface area contributed by atoms with Crippen molar-refractivity contribution in [1.82, 2.24) is 4.57 Å². The van der Waals surface area contributed by atoms with Gasteiger partial charge in [-0.3, -0.25) is 0 Å². The number of hydrogen-bond donors (Lipinski definition) is 0. The molecule has 0 saturated carbocycles. The van der Waals surface area contributed by atoms with E-state index in [0.717, 1.165) is 18.8 Å². The maximum Gasteiger partial charge on any atom is 0.245 e. The molecule has 7 aromatic rings. The summed E-state index contributed by atoms with van der Waals surface area (Å²) in [6.45, 7) is 1.54. The summed E-state index contributed by atoms with van der Waals surface area (Å²) in [6, 6.07) is 49.9. The smallest absolute Gasteiger partial charge is 0.245 e. The molecule has 0 amide bonds. The Bertz CT molecular complexity index is 1970. The Labute approximate surface area is 240 Å². The summed E-state index contributed by atoms with van der Waals surface area (Å²) < 4.78 is 10.3. The molecule has 0 spiro atoms. The maximum absolute atomic E-state index is 5.44. The first-order valence-corrected chi connectivity index (χ1v) is 14.0. The first-order chi connectivity index (χ1) is 20.2.